The van der Waals surface area contributed by atoms with Crippen molar-refractivity contribution in [3.05, 3.63) is 479 Å². The van der Waals surface area contributed by atoms with Gasteiger partial charge in [0.05, 0.1) is 21.4 Å². The summed E-state index contributed by atoms with van der Waals surface area (Å²) in [4.78, 5) is 9.69. The molecule has 0 amide bonds. The molecule has 36 heteroatoms. The summed E-state index contributed by atoms with van der Waals surface area (Å²) < 4.78 is 120. The van der Waals surface area contributed by atoms with Crippen molar-refractivity contribution < 1.29 is 140 Å². The minimum absolute atomic E-state index is 0. The Bertz CT molecular complexity index is 4930. The third-order valence-electron chi connectivity index (χ3n) is 17.9. The Balaban J connectivity index is 0.000000833. The van der Waals surface area contributed by atoms with E-state index in [9.17, 15) is 57.8 Å². The van der Waals surface area contributed by atoms with Crippen molar-refractivity contribution >= 4 is 136 Å². The summed E-state index contributed by atoms with van der Waals surface area (Å²) in [6, 6.07) is 124. The molecule has 0 N–H and O–H groups in total. The van der Waals surface area contributed by atoms with Gasteiger partial charge in [0.1, 0.15) is 0 Å². The van der Waals surface area contributed by atoms with E-state index in [2.05, 4.69) is 0 Å². The number of pyridine rings is 2. The van der Waals surface area contributed by atoms with Crippen molar-refractivity contribution in [2.75, 3.05) is 21.4 Å². The van der Waals surface area contributed by atoms with Crippen LogP contribution in [0.5, 0.6) is 0 Å². The van der Waals surface area contributed by atoms with Crippen LogP contribution in [0.4, 0.5) is 49.1 Å². The molecule has 2 aromatic heterocycles. The van der Waals surface area contributed by atoms with Crippen molar-refractivity contribution in [3.63, 3.8) is 0 Å². The van der Waals surface area contributed by atoms with Crippen LogP contribution in [0.2, 0.25) is 0 Å². The third kappa shape index (κ3) is 40.3. The summed E-state index contributed by atoms with van der Waals surface area (Å²) >= 11 is 38.1. The van der Waals surface area contributed by atoms with Gasteiger partial charge >= 0.3 is 53.1 Å². The summed E-state index contributed by atoms with van der Waals surface area (Å²) in [6.07, 6.45) is 0.712. The van der Waals surface area contributed by atoms with Crippen LogP contribution < -0.4 is 54.6 Å². The monoisotopic (exact) mass is 2200 g/mol. The van der Waals surface area contributed by atoms with Crippen LogP contribution in [0.1, 0.15) is 67.3 Å². The number of para-hydroxylation sites is 4. The van der Waals surface area contributed by atoms with Crippen LogP contribution in [0, 0.1) is 0 Å². The molecule has 0 saturated carbocycles. The molecule has 0 radical (unpaired) electrons. The third-order valence-corrected chi connectivity index (χ3v) is 19.1. The number of hydrogen-bond acceptors (Lipinski definition) is 12. The first-order valence-electron chi connectivity index (χ1n) is 37.9. The molecule has 2 heterocycles. The van der Waals surface area contributed by atoms with Gasteiger partial charge in [0.2, 0.25) is 0 Å². The Labute approximate surface area is 846 Å². The number of halogens is 16. The Morgan fingerprint density at radius 2 is 0.348 bits per heavy atom. The summed E-state index contributed by atoms with van der Waals surface area (Å²) in [5.41, 5.74) is 13.6. The van der Waals surface area contributed by atoms with Crippen molar-refractivity contribution in [3.8, 4) is 0 Å². The van der Waals surface area contributed by atoms with Gasteiger partial charge in [-0.05, 0) is 49.9 Å². The molecule has 0 atom stereocenters. The predicted octanol–water partition coefficient (Wildman–Crippen LogP) is 16.4. The molecule has 0 aliphatic carbocycles. The maximum atomic E-state index is 14.4. The fourth-order valence-electron chi connectivity index (χ4n) is 12.2. The van der Waals surface area contributed by atoms with Gasteiger partial charge in [-0.2, -0.15) is 26.3 Å². The molecule has 14 aromatic rings. The number of alkyl halides is 14. The maximum absolute atomic E-state index is 14.4. The van der Waals surface area contributed by atoms with Crippen LogP contribution in [-0.4, -0.2) is 68.3 Å². The van der Waals surface area contributed by atoms with Crippen LogP contribution in [0.3, 0.4) is 0 Å². The average Bonchev–Trinajstić information content (AvgIpc) is 0.474. The van der Waals surface area contributed by atoms with Gasteiger partial charge in [-0.1, -0.05) is 394 Å². The van der Waals surface area contributed by atoms with E-state index >= 15 is 0 Å². The Hall–Kier alpha value is -8.34. The summed E-state index contributed by atoms with van der Waals surface area (Å²) in [6.45, 7) is 0. The summed E-state index contributed by atoms with van der Waals surface area (Å²) in [7, 11) is -12.2. The molecule has 0 spiro atoms. The second kappa shape index (κ2) is 63.1. The van der Waals surface area contributed by atoms with Crippen molar-refractivity contribution in [1.82, 2.24) is 19.4 Å². The predicted molar refractivity (Wildman–Crippen MR) is 491 cm³/mol. The zero-order chi connectivity index (χ0) is 94.1. The summed E-state index contributed by atoms with van der Waals surface area (Å²) in [5.74, 6) is 0. The van der Waals surface area contributed by atoms with E-state index < -0.39 is 53.7 Å². The second-order valence-electron chi connectivity index (χ2n) is 26.4. The maximum Gasteiger partial charge on any atom is 4.00 e. The standard InChI is InChI=1S/2C33H27NO2.2C12H10N2.4CH2Cl2.2CHF3O3S.2ClH.2Mo/c2*35-32(26-14-5-1-6-15-26,27-16-7-2-8-17-27)24-30-22-13-23-31(34-30)25-33(36,28-18-9-3-10-19-28)29-20-11-4-12-21-29;2*13-14(11-7-3-1-4-8-11)12-9-5-2-6-10-12;4*2-1-3;2*2-1(3,4)8(5,6)7;;;;/h2*1-23H,24-25H2;2*1-10H;4*1H2;2*(H,5,6,7);2*1H;;/q2*-2;;;;;;;;;;;2*+4/p-4. The largest absolute Gasteiger partial charge is 4.00 e. The molecule has 0 bridgehead atoms. The Kier molecular flexibility index (Phi) is 58.1. The Morgan fingerprint density at radius 1 is 0.242 bits per heavy atom. The van der Waals surface area contributed by atoms with E-state index in [1.807, 2.05) is 400 Å². The molecule has 0 aliphatic rings. The quantitative estimate of drug-likeness (QED) is 0.0131. The van der Waals surface area contributed by atoms with Crippen molar-refractivity contribution in [2.24, 2.45) is 0 Å². The SMILES string of the molecule is ClCCl.ClCCl.ClCCl.ClCCl.O=S(=O)([O-])C(F)(F)F.O=S(=O)([O-])C(F)(F)F.[Cl-].[Cl-].[Mo+4].[Mo+4].[N-]=[N+](c1ccccc1)c1ccccc1.[N-]=[N+](c1ccccc1)c1ccccc1.[O-]C(Cc1cccc(CC([O-])(c2ccccc2)c2ccccc2)n1)(c1ccccc1)c1ccccc1.[O-]C(Cc1cccc(CC([O-])(c2ccccc2)c2ccccc2)n1)(c1ccccc1)c1ccccc1. The van der Waals surface area contributed by atoms with Gasteiger partial charge in [0.15, 0.2) is 43.0 Å². The normalized spacial score (nSPS) is 10.8. The van der Waals surface area contributed by atoms with E-state index in [1.165, 1.54) is 9.39 Å². The van der Waals surface area contributed by atoms with Crippen LogP contribution in [0.25, 0.3) is 11.1 Å². The van der Waals surface area contributed by atoms with Gasteiger partial charge in [-0.25, -0.2) is 26.2 Å². The first kappa shape index (κ1) is 122. The topological polar surface area (TPSA) is 283 Å². The molecule has 0 fully saturated rings. The number of aromatic nitrogens is 2. The zero-order valence-electron chi connectivity index (χ0n) is 69.2. The van der Waals surface area contributed by atoms with Crippen molar-refractivity contribution in [1.29, 1.82) is 0 Å². The minimum atomic E-state index is -6.09. The molecule has 12 aromatic carbocycles. The first-order chi connectivity index (χ1) is 61.1. The minimum Gasteiger partial charge on any atom is -1.00 e. The molecule has 0 aliphatic heterocycles. The zero-order valence-corrected chi connectivity index (χ0v) is 82.4. The molecule has 132 heavy (non-hydrogen) atoms. The van der Waals surface area contributed by atoms with E-state index in [0.717, 1.165) is 22.7 Å². The average molecular weight is 2200 g/mol. The molecule has 16 nitrogen and oxygen atoms in total. The fourth-order valence-corrected chi connectivity index (χ4v) is 12.2. The molecule has 14 rings (SSSR count). The van der Waals surface area contributed by atoms with Crippen molar-refractivity contribution in [2.45, 2.75) is 59.1 Å². The van der Waals surface area contributed by atoms with Crippen LogP contribution in [-0.2, 0) is 110 Å². The smallest absolute Gasteiger partial charge is 1.00 e. The van der Waals surface area contributed by atoms with Gasteiger partial charge < -0.3 is 65.4 Å². The fraction of sp³-hybridized carbons (Fsp3) is 0.146. The first-order valence-corrected chi connectivity index (χ1v) is 45.0. The summed E-state index contributed by atoms with van der Waals surface area (Å²) in [5, 5.41) is 58.4. The van der Waals surface area contributed by atoms with Crippen LogP contribution in [0.15, 0.2) is 400 Å². The van der Waals surface area contributed by atoms with Gasteiger partial charge in [0.25, 0.3) is 0 Å². The van der Waals surface area contributed by atoms with E-state index in [1.54, 1.807) is 0 Å². The second-order valence-corrected chi connectivity index (χ2v) is 32.3. The Morgan fingerprint density at radius 3 is 0.455 bits per heavy atom. The number of nitrogens with zero attached hydrogens (tertiary/aromatic N) is 6. The van der Waals surface area contributed by atoms with Gasteiger partial charge in [-0.15, -0.1) is 92.8 Å². The molecule has 692 valence electrons. The van der Waals surface area contributed by atoms with Gasteiger partial charge in [0, 0.05) is 71.3 Å². The van der Waals surface area contributed by atoms with E-state index in [0.29, 0.717) is 67.3 Å². The molecule has 0 unspecified atom stereocenters. The molecular weight excluding hydrogens is 2120 g/mol. The van der Waals surface area contributed by atoms with Crippen LogP contribution >= 0.6 is 92.8 Å². The van der Waals surface area contributed by atoms with Gasteiger partial charge in [-0.3, -0.25) is 9.97 Å². The van der Waals surface area contributed by atoms with E-state index in [4.69, 9.17) is 129 Å². The number of benzene rings is 12. The number of hydrogen-bond donors (Lipinski definition) is 0. The van der Waals surface area contributed by atoms with E-state index in [-0.39, 0.29) is 114 Å². The molecule has 0 saturated heterocycles. The number of rotatable bonds is 20. The molecular formula is C96H82Cl10F6Mo2N6O10S2.